The largest absolute Gasteiger partial charge is 0.396 e. The molecule has 0 spiro atoms. The standard InChI is InChI=1S/C17H27NO2S/c1-13(12-15-8-5-11-21-15)17(20)18-16(9-10-19)14-6-3-2-4-7-14/h5,8,11,13-14,16,19H,2-4,6-7,9-10,12H2,1H3,(H,18,20). The van der Waals surface area contributed by atoms with Gasteiger partial charge in [0.05, 0.1) is 0 Å². The molecule has 0 aromatic carbocycles. The number of thiophene rings is 1. The summed E-state index contributed by atoms with van der Waals surface area (Å²) in [5, 5.41) is 14.5. The molecule has 1 fully saturated rings. The van der Waals surface area contributed by atoms with Crippen LogP contribution in [0.2, 0.25) is 0 Å². The third kappa shape index (κ3) is 5.11. The average molecular weight is 309 g/mol. The highest BCUT2D eigenvalue weighted by Gasteiger charge is 2.26. The molecule has 21 heavy (non-hydrogen) atoms. The molecule has 1 aliphatic carbocycles. The first kappa shape index (κ1) is 16.5. The highest BCUT2D eigenvalue weighted by Crippen LogP contribution is 2.28. The number of nitrogens with one attached hydrogen (secondary N) is 1. The number of carbonyl (C=O) groups is 1. The lowest BCUT2D eigenvalue weighted by Crippen LogP contribution is -2.44. The summed E-state index contributed by atoms with van der Waals surface area (Å²) in [6.07, 6.45) is 7.68. The minimum absolute atomic E-state index is 0.00608. The third-order valence-corrected chi connectivity index (χ3v) is 5.42. The lowest BCUT2D eigenvalue weighted by Gasteiger charge is -2.31. The molecule has 1 heterocycles. The molecule has 0 radical (unpaired) electrons. The highest BCUT2D eigenvalue weighted by molar-refractivity contribution is 7.09. The van der Waals surface area contributed by atoms with Gasteiger partial charge in [-0.1, -0.05) is 32.3 Å². The predicted molar refractivity (Wildman–Crippen MR) is 87.4 cm³/mol. The minimum Gasteiger partial charge on any atom is -0.396 e. The van der Waals surface area contributed by atoms with E-state index < -0.39 is 0 Å². The summed E-state index contributed by atoms with van der Waals surface area (Å²) in [6.45, 7) is 2.15. The number of aliphatic hydroxyl groups is 1. The van der Waals surface area contributed by atoms with E-state index in [2.05, 4.69) is 16.8 Å². The summed E-state index contributed by atoms with van der Waals surface area (Å²) in [5.74, 6) is 0.671. The van der Waals surface area contributed by atoms with Crippen molar-refractivity contribution in [2.45, 2.75) is 57.9 Å². The lowest BCUT2D eigenvalue weighted by atomic mass is 9.82. The molecular weight excluding hydrogens is 282 g/mol. The monoisotopic (exact) mass is 309 g/mol. The van der Waals surface area contributed by atoms with Crippen molar-refractivity contribution in [3.05, 3.63) is 22.4 Å². The normalized spacial score (nSPS) is 19.1. The van der Waals surface area contributed by atoms with Crippen molar-refractivity contribution in [3.8, 4) is 0 Å². The van der Waals surface area contributed by atoms with Crippen molar-refractivity contribution in [2.24, 2.45) is 11.8 Å². The highest BCUT2D eigenvalue weighted by atomic mass is 32.1. The predicted octanol–water partition coefficient (Wildman–Crippen LogP) is 3.37. The number of hydrogen-bond acceptors (Lipinski definition) is 3. The van der Waals surface area contributed by atoms with E-state index in [9.17, 15) is 9.90 Å². The van der Waals surface area contributed by atoms with Crippen LogP contribution >= 0.6 is 11.3 Å². The molecule has 4 heteroatoms. The minimum atomic E-state index is -0.00608. The summed E-state index contributed by atoms with van der Waals surface area (Å²) >= 11 is 1.71. The van der Waals surface area contributed by atoms with Crippen LogP contribution in [0.25, 0.3) is 0 Å². The van der Waals surface area contributed by atoms with Crippen LogP contribution in [0, 0.1) is 11.8 Å². The van der Waals surface area contributed by atoms with Gasteiger partial charge in [-0.25, -0.2) is 0 Å². The maximum absolute atomic E-state index is 12.4. The molecule has 1 aliphatic rings. The second-order valence-corrected chi connectivity index (χ2v) is 7.24. The molecule has 2 rings (SSSR count). The molecule has 1 amide bonds. The Morgan fingerprint density at radius 2 is 2.19 bits per heavy atom. The molecule has 2 atom stereocenters. The third-order valence-electron chi connectivity index (χ3n) is 4.52. The van der Waals surface area contributed by atoms with Gasteiger partial charge in [0.25, 0.3) is 0 Å². The van der Waals surface area contributed by atoms with E-state index in [1.165, 1.54) is 37.0 Å². The number of amides is 1. The Labute approximate surface area is 131 Å². The first-order valence-corrected chi connectivity index (χ1v) is 9.02. The molecule has 118 valence electrons. The van der Waals surface area contributed by atoms with Crippen LogP contribution in [-0.4, -0.2) is 23.7 Å². The zero-order valence-corrected chi connectivity index (χ0v) is 13.7. The Balaban J connectivity index is 1.87. The smallest absolute Gasteiger partial charge is 0.223 e. The molecule has 1 saturated carbocycles. The van der Waals surface area contributed by atoms with E-state index >= 15 is 0 Å². The number of carbonyl (C=O) groups excluding carboxylic acids is 1. The Morgan fingerprint density at radius 1 is 1.43 bits per heavy atom. The van der Waals surface area contributed by atoms with Crippen LogP contribution in [0.4, 0.5) is 0 Å². The van der Waals surface area contributed by atoms with Crippen molar-refractivity contribution in [2.75, 3.05) is 6.61 Å². The van der Waals surface area contributed by atoms with E-state index in [1.54, 1.807) is 11.3 Å². The van der Waals surface area contributed by atoms with E-state index in [0.29, 0.717) is 12.3 Å². The fourth-order valence-corrected chi connectivity index (χ4v) is 4.08. The van der Waals surface area contributed by atoms with Crippen LogP contribution in [0.15, 0.2) is 17.5 Å². The molecule has 2 unspecified atom stereocenters. The van der Waals surface area contributed by atoms with Crippen molar-refractivity contribution in [1.29, 1.82) is 0 Å². The van der Waals surface area contributed by atoms with E-state index in [-0.39, 0.29) is 24.5 Å². The maximum atomic E-state index is 12.4. The SMILES string of the molecule is CC(Cc1cccs1)C(=O)NC(CCO)C1CCCCC1. The van der Waals surface area contributed by atoms with Gasteiger partial charge < -0.3 is 10.4 Å². The summed E-state index contributed by atoms with van der Waals surface area (Å²) in [7, 11) is 0. The number of aliphatic hydroxyl groups excluding tert-OH is 1. The second kappa shape index (κ2) is 8.54. The summed E-state index contributed by atoms with van der Waals surface area (Å²) in [4.78, 5) is 13.7. The van der Waals surface area contributed by atoms with Crippen LogP contribution < -0.4 is 5.32 Å². The fourth-order valence-electron chi connectivity index (χ4n) is 3.25. The van der Waals surface area contributed by atoms with Crippen molar-refractivity contribution < 1.29 is 9.90 Å². The molecular formula is C17H27NO2S. The van der Waals surface area contributed by atoms with Gasteiger partial charge in [-0.05, 0) is 43.0 Å². The number of hydrogen-bond donors (Lipinski definition) is 2. The van der Waals surface area contributed by atoms with Gasteiger partial charge in [-0.15, -0.1) is 11.3 Å². The number of rotatable bonds is 7. The van der Waals surface area contributed by atoms with E-state index in [4.69, 9.17) is 0 Å². The van der Waals surface area contributed by atoms with Crippen molar-refractivity contribution >= 4 is 17.2 Å². The van der Waals surface area contributed by atoms with Gasteiger partial charge in [0.2, 0.25) is 5.91 Å². The van der Waals surface area contributed by atoms with Crippen LogP contribution in [0.1, 0.15) is 50.3 Å². The summed E-state index contributed by atoms with van der Waals surface area (Å²) < 4.78 is 0. The lowest BCUT2D eigenvalue weighted by molar-refractivity contribution is -0.125. The quantitative estimate of drug-likeness (QED) is 0.811. The zero-order valence-electron chi connectivity index (χ0n) is 12.9. The average Bonchev–Trinajstić information content (AvgIpc) is 3.00. The Morgan fingerprint density at radius 3 is 2.81 bits per heavy atom. The van der Waals surface area contributed by atoms with Crippen LogP contribution in [-0.2, 0) is 11.2 Å². The molecule has 0 saturated heterocycles. The van der Waals surface area contributed by atoms with Gasteiger partial charge in [0.15, 0.2) is 0 Å². The Hall–Kier alpha value is -0.870. The second-order valence-electron chi connectivity index (χ2n) is 6.21. The van der Waals surface area contributed by atoms with Gasteiger partial charge in [0, 0.05) is 23.4 Å². The topological polar surface area (TPSA) is 49.3 Å². The maximum Gasteiger partial charge on any atom is 0.223 e. The Bertz CT molecular complexity index is 412. The van der Waals surface area contributed by atoms with E-state index in [1.807, 2.05) is 13.0 Å². The van der Waals surface area contributed by atoms with Crippen LogP contribution in [0.3, 0.4) is 0 Å². The van der Waals surface area contributed by atoms with Crippen molar-refractivity contribution in [3.63, 3.8) is 0 Å². The first-order chi connectivity index (χ1) is 10.2. The van der Waals surface area contributed by atoms with E-state index in [0.717, 1.165) is 6.42 Å². The van der Waals surface area contributed by atoms with Gasteiger partial charge >= 0.3 is 0 Å². The molecule has 1 aromatic heterocycles. The van der Waals surface area contributed by atoms with Gasteiger partial charge in [0.1, 0.15) is 0 Å². The fraction of sp³-hybridized carbons (Fsp3) is 0.706. The Kier molecular flexibility index (Phi) is 6.71. The van der Waals surface area contributed by atoms with Gasteiger partial charge in [-0.3, -0.25) is 4.79 Å². The van der Waals surface area contributed by atoms with Crippen LogP contribution in [0.5, 0.6) is 0 Å². The van der Waals surface area contributed by atoms with Gasteiger partial charge in [-0.2, -0.15) is 0 Å². The zero-order chi connectivity index (χ0) is 15.1. The van der Waals surface area contributed by atoms with Crippen molar-refractivity contribution in [1.82, 2.24) is 5.32 Å². The molecule has 1 aromatic rings. The molecule has 3 nitrogen and oxygen atoms in total. The molecule has 2 N–H and O–H groups in total. The molecule has 0 aliphatic heterocycles. The summed E-state index contributed by atoms with van der Waals surface area (Å²) in [6, 6.07) is 4.26. The molecule has 0 bridgehead atoms. The summed E-state index contributed by atoms with van der Waals surface area (Å²) in [5.41, 5.74) is 0. The first-order valence-electron chi connectivity index (χ1n) is 8.14.